The van der Waals surface area contributed by atoms with E-state index >= 15 is 0 Å². The molecule has 4 nitrogen and oxygen atoms in total. The molecule has 174 valence electrons. The maximum atomic E-state index is 13.6. The van der Waals surface area contributed by atoms with Crippen LogP contribution >= 0.6 is 34.5 Å². The van der Waals surface area contributed by atoms with Crippen LogP contribution in [-0.2, 0) is 17.9 Å². The molecule has 3 aromatic rings. The molecule has 2 amide bonds. The molecule has 0 saturated carbocycles. The smallest absolute Gasteiger partial charge is 0.256 e. The highest BCUT2D eigenvalue weighted by molar-refractivity contribution is 7.11. The molecule has 0 N–H and O–H groups in total. The van der Waals surface area contributed by atoms with Crippen molar-refractivity contribution in [2.45, 2.75) is 46.3 Å². The van der Waals surface area contributed by atoms with Crippen molar-refractivity contribution in [3.05, 3.63) is 91.6 Å². The van der Waals surface area contributed by atoms with Gasteiger partial charge in [0, 0.05) is 26.9 Å². The van der Waals surface area contributed by atoms with Gasteiger partial charge in [-0.15, -0.1) is 11.3 Å². The van der Waals surface area contributed by atoms with Crippen molar-refractivity contribution in [1.29, 1.82) is 0 Å². The Morgan fingerprint density at radius 2 is 1.64 bits per heavy atom. The molecule has 0 atom stereocenters. The Balaban J connectivity index is 1.88. The lowest BCUT2D eigenvalue weighted by Gasteiger charge is -2.37. The first kappa shape index (κ1) is 25.3. The zero-order valence-electron chi connectivity index (χ0n) is 19.3. The van der Waals surface area contributed by atoms with Gasteiger partial charge in [-0.3, -0.25) is 9.59 Å². The third kappa shape index (κ3) is 6.83. The van der Waals surface area contributed by atoms with Crippen LogP contribution in [0.5, 0.6) is 0 Å². The van der Waals surface area contributed by atoms with Crippen molar-refractivity contribution >= 4 is 46.4 Å². The van der Waals surface area contributed by atoms with E-state index in [-0.39, 0.29) is 23.4 Å². The van der Waals surface area contributed by atoms with E-state index in [0.717, 1.165) is 10.4 Å². The van der Waals surface area contributed by atoms with Crippen LogP contribution in [0.3, 0.4) is 0 Å². The van der Waals surface area contributed by atoms with Crippen LogP contribution in [0, 0.1) is 6.92 Å². The molecule has 7 heteroatoms. The second-order valence-corrected chi connectivity index (χ2v) is 11.2. The standard InChI is InChI=1S/C26H28Cl2N2O2S/c1-18-10-12-21(33-18)16-29(15-19-8-6-5-7-9-19)24(31)17-30(26(2,3)4)25(32)22-13-11-20(27)14-23(22)28/h5-14H,15-17H2,1-4H3. The summed E-state index contributed by atoms with van der Waals surface area (Å²) in [7, 11) is 0. The van der Waals surface area contributed by atoms with Crippen molar-refractivity contribution in [2.24, 2.45) is 0 Å². The number of carbonyl (C=O) groups excluding carboxylic acids is 2. The lowest BCUT2D eigenvalue weighted by molar-refractivity contribution is -0.134. The summed E-state index contributed by atoms with van der Waals surface area (Å²) in [5, 5.41) is 0.722. The van der Waals surface area contributed by atoms with Gasteiger partial charge in [0.05, 0.1) is 17.1 Å². The quantitative estimate of drug-likeness (QED) is 0.355. The number of nitrogens with zero attached hydrogens (tertiary/aromatic N) is 2. The number of aryl methyl sites for hydroxylation is 1. The van der Waals surface area contributed by atoms with Crippen LogP contribution in [0.25, 0.3) is 0 Å². The number of thiophene rings is 1. The maximum absolute atomic E-state index is 13.6. The van der Waals surface area contributed by atoms with Crippen LogP contribution < -0.4 is 0 Å². The lowest BCUT2D eigenvalue weighted by atomic mass is 10.0. The Labute approximate surface area is 209 Å². The molecule has 3 rings (SSSR count). The number of hydrogen-bond acceptors (Lipinski definition) is 3. The second kappa shape index (κ2) is 10.7. The molecule has 33 heavy (non-hydrogen) atoms. The van der Waals surface area contributed by atoms with E-state index in [1.165, 1.54) is 4.88 Å². The fourth-order valence-electron chi connectivity index (χ4n) is 3.45. The fraction of sp³-hybridized carbons (Fsp3) is 0.308. The summed E-state index contributed by atoms with van der Waals surface area (Å²) in [6.45, 7) is 8.67. The van der Waals surface area contributed by atoms with Crippen molar-refractivity contribution in [3.63, 3.8) is 0 Å². The second-order valence-electron chi connectivity index (χ2n) is 8.93. The van der Waals surface area contributed by atoms with Gasteiger partial charge in [-0.1, -0.05) is 53.5 Å². The van der Waals surface area contributed by atoms with Crippen molar-refractivity contribution in [2.75, 3.05) is 6.54 Å². The molecule has 1 heterocycles. The molecule has 1 aromatic heterocycles. The Morgan fingerprint density at radius 3 is 2.21 bits per heavy atom. The largest absolute Gasteiger partial charge is 0.332 e. The van der Waals surface area contributed by atoms with Crippen LogP contribution in [0.4, 0.5) is 0 Å². The maximum Gasteiger partial charge on any atom is 0.256 e. The van der Waals surface area contributed by atoms with E-state index in [2.05, 4.69) is 6.07 Å². The number of benzene rings is 2. The number of halogens is 2. The molecule has 2 aromatic carbocycles. The highest BCUT2D eigenvalue weighted by Gasteiger charge is 2.32. The summed E-state index contributed by atoms with van der Waals surface area (Å²) in [5.74, 6) is -0.428. The van der Waals surface area contributed by atoms with Crippen LogP contribution in [-0.4, -0.2) is 33.7 Å². The van der Waals surface area contributed by atoms with Gasteiger partial charge in [0.1, 0.15) is 6.54 Å². The van der Waals surface area contributed by atoms with Gasteiger partial charge in [0.25, 0.3) is 5.91 Å². The van der Waals surface area contributed by atoms with Crippen molar-refractivity contribution in [1.82, 2.24) is 9.80 Å². The molecule has 0 fully saturated rings. The van der Waals surface area contributed by atoms with Crippen molar-refractivity contribution in [3.8, 4) is 0 Å². The minimum atomic E-state index is -0.590. The molecule has 0 aliphatic heterocycles. The van der Waals surface area contributed by atoms with E-state index in [1.54, 1.807) is 39.3 Å². The molecule has 0 saturated heterocycles. The van der Waals surface area contributed by atoms with Crippen LogP contribution in [0.15, 0.2) is 60.7 Å². The third-order valence-corrected chi connectivity index (χ3v) is 6.75. The van der Waals surface area contributed by atoms with E-state index in [1.807, 2.05) is 64.1 Å². The zero-order valence-corrected chi connectivity index (χ0v) is 21.6. The molecule has 0 aliphatic carbocycles. The average molecular weight is 503 g/mol. The minimum absolute atomic E-state index is 0.0571. The van der Waals surface area contributed by atoms with Gasteiger partial charge in [0.15, 0.2) is 0 Å². The normalized spacial score (nSPS) is 11.3. The first-order valence-electron chi connectivity index (χ1n) is 10.7. The summed E-state index contributed by atoms with van der Waals surface area (Å²) in [6, 6.07) is 18.7. The van der Waals surface area contributed by atoms with Crippen LogP contribution in [0.1, 0.15) is 46.4 Å². The average Bonchev–Trinajstić information content (AvgIpc) is 3.15. The van der Waals surface area contributed by atoms with Gasteiger partial charge in [0.2, 0.25) is 5.91 Å². The van der Waals surface area contributed by atoms with Gasteiger partial charge in [-0.2, -0.15) is 0 Å². The summed E-state index contributed by atoms with van der Waals surface area (Å²) in [6.07, 6.45) is 0. The first-order valence-corrected chi connectivity index (χ1v) is 12.3. The monoisotopic (exact) mass is 502 g/mol. The van der Waals surface area contributed by atoms with E-state index in [9.17, 15) is 9.59 Å². The minimum Gasteiger partial charge on any atom is -0.332 e. The number of amides is 2. The summed E-state index contributed by atoms with van der Waals surface area (Å²) in [4.78, 5) is 32.7. The third-order valence-electron chi connectivity index (χ3n) is 5.22. The molecular weight excluding hydrogens is 475 g/mol. The topological polar surface area (TPSA) is 40.6 Å². The predicted molar refractivity (Wildman–Crippen MR) is 137 cm³/mol. The first-order chi connectivity index (χ1) is 15.5. The van der Waals surface area contributed by atoms with Gasteiger partial charge >= 0.3 is 0 Å². The Hall–Kier alpha value is -2.34. The summed E-state index contributed by atoms with van der Waals surface area (Å²) >= 11 is 14.0. The Bertz CT molecular complexity index is 1120. The molecule has 0 bridgehead atoms. The SMILES string of the molecule is Cc1ccc(CN(Cc2ccccc2)C(=O)CN(C(=O)c2ccc(Cl)cc2Cl)C(C)(C)C)s1. The van der Waals surface area contributed by atoms with Crippen LogP contribution in [0.2, 0.25) is 10.0 Å². The fourth-order valence-corrected chi connectivity index (χ4v) is 4.85. The Morgan fingerprint density at radius 1 is 0.939 bits per heavy atom. The molecule has 0 spiro atoms. The Kier molecular flexibility index (Phi) is 8.22. The lowest BCUT2D eigenvalue weighted by Crippen LogP contribution is -2.51. The molecular formula is C26H28Cl2N2O2S. The zero-order chi connectivity index (χ0) is 24.2. The molecule has 0 aliphatic rings. The number of rotatable bonds is 7. The highest BCUT2D eigenvalue weighted by Crippen LogP contribution is 2.26. The van der Waals surface area contributed by atoms with Gasteiger partial charge in [-0.25, -0.2) is 0 Å². The van der Waals surface area contributed by atoms with Gasteiger partial charge in [-0.05, 0) is 63.6 Å². The van der Waals surface area contributed by atoms with E-state index < -0.39 is 5.54 Å². The predicted octanol–water partition coefficient (Wildman–Crippen LogP) is 6.83. The molecule has 0 radical (unpaired) electrons. The highest BCUT2D eigenvalue weighted by atomic mass is 35.5. The molecule has 0 unspecified atom stereocenters. The summed E-state index contributed by atoms with van der Waals surface area (Å²) in [5.41, 5.74) is 0.772. The van der Waals surface area contributed by atoms with Gasteiger partial charge < -0.3 is 9.80 Å². The number of hydrogen-bond donors (Lipinski definition) is 0. The van der Waals surface area contributed by atoms with Crippen molar-refractivity contribution < 1.29 is 9.59 Å². The summed E-state index contributed by atoms with van der Waals surface area (Å²) < 4.78 is 0. The van der Waals surface area contributed by atoms with E-state index in [4.69, 9.17) is 23.2 Å². The number of carbonyl (C=O) groups is 2. The van der Waals surface area contributed by atoms with E-state index in [0.29, 0.717) is 23.7 Å².